The van der Waals surface area contributed by atoms with Crippen LogP contribution in [0.15, 0.2) is 0 Å². The smallest absolute Gasteiger partial charge is 0.320 e. The molecule has 2 saturated heterocycles. The van der Waals surface area contributed by atoms with E-state index < -0.39 is 12.1 Å². The van der Waals surface area contributed by atoms with E-state index in [4.69, 9.17) is 5.11 Å². The van der Waals surface area contributed by atoms with Gasteiger partial charge in [0.05, 0.1) is 18.6 Å². The highest BCUT2D eigenvalue weighted by atomic mass is 32.2. The minimum Gasteiger partial charge on any atom is -0.481 e. The fourth-order valence-corrected chi connectivity index (χ4v) is 3.65. The first-order chi connectivity index (χ1) is 9.08. The Labute approximate surface area is 116 Å². The molecule has 0 saturated carbocycles. The van der Waals surface area contributed by atoms with Crippen LogP contribution in [0, 0.1) is 0 Å². The number of hydrogen-bond donors (Lipinski definition) is 2. The molecule has 2 amide bonds. The van der Waals surface area contributed by atoms with Crippen molar-refractivity contribution in [1.82, 2.24) is 9.80 Å². The second-order valence-corrected chi connectivity index (χ2v) is 6.19. The molecule has 6 nitrogen and oxygen atoms in total. The van der Waals surface area contributed by atoms with Gasteiger partial charge in [-0.15, -0.1) is 0 Å². The number of carbonyl (C=O) groups excluding carboxylic acids is 1. The number of rotatable bonds is 2. The van der Waals surface area contributed by atoms with Gasteiger partial charge in [0, 0.05) is 31.1 Å². The van der Waals surface area contributed by atoms with Gasteiger partial charge in [0.1, 0.15) is 0 Å². The Kier molecular flexibility index (Phi) is 4.93. The number of hydrogen-bond acceptors (Lipinski definition) is 4. The van der Waals surface area contributed by atoms with Crippen LogP contribution < -0.4 is 0 Å². The summed E-state index contributed by atoms with van der Waals surface area (Å²) in [5.74, 6) is 0.649. The van der Waals surface area contributed by atoms with Crippen LogP contribution in [0.5, 0.6) is 0 Å². The van der Waals surface area contributed by atoms with Gasteiger partial charge >= 0.3 is 12.0 Å². The molecule has 2 heterocycles. The Morgan fingerprint density at radius 1 is 1.32 bits per heavy atom. The van der Waals surface area contributed by atoms with Crippen LogP contribution in [0.25, 0.3) is 0 Å². The molecule has 108 valence electrons. The number of β-amino-alcohol motifs (C(OH)–C–C–N with tert-alkyl or cyclic N) is 1. The molecule has 0 aromatic carbocycles. The number of carboxylic acids is 1. The van der Waals surface area contributed by atoms with Crippen LogP contribution in [0.4, 0.5) is 4.79 Å². The van der Waals surface area contributed by atoms with Crippen LogP contribution in [0.3, 0.4) is 0 Å². The highest BCUT2D eigenvalue weighted by molar-refractivity contribution is 7.99. The molecule has 2 fully saturated rings. The maximum Gasteiger partial charge on any atom is 0.320 e. The van der Waals surface area contributed by atoms with E-state index in [-0.39, 0.29) is 18.5 Å². The highest BCUT2D eigenvalue weighted by Gasteiger charge is 2.33. The number of aliphatic hydroxyl groups is 1. The Morgan fingerprint density at radius 2 is 2.11 bits per heavy atom. The zero-order valence-corrected chi connectivity index (χ0v) is 11.6. The molecule has 0 radical (unpaired) electrons. The first-order valence-electron chi connectivity index (χ1n) is 6.61. The number of piperidine rings is 1. The fraction of sp³-hybridized carbons (Fsp3) is 0.833. The lowest BCUT2D eigenvalue weighted by Crippen LogP contribution is -2.55. The standard InChI is InChI=1S/C12H20N2O4S/c15-10-2-1-3-13(7-10)12(18)14-4-5-19-8-9(14)6-11(16)17/h9-10,15H,1-8H2,(H,16,17). The number of carboxylic acid groups (broad SMARTS) is 1. The average molecular weight is 288 g/mol. The predicted molar refractivity (Wildman–Crippen MR) is 72.3 cm³/mol. The van der Waals surface area contributed by atoms with E-state index in [9.17, 15) is 14.7 Å². The maximum atomic E-state index is 12.4. The van der Waals surface area contributed by atoms with Gasteiger partial charge in [-0.3, -0.25) is 4.79 Å². The zero-order valence-electron chi connectivity index (χ0n) is 10.8. The van der Waals surface area contributed by atoms with E-state index in [0.717, 1.165) is 18.6 Å². The molecule has 0 aromatic heterocycles. The summed E-state index contributed by atoms with van der Waals surface area (Å²) >= 11 is 1.69. The maximum absolute atomic E-state index is 12.4. The van der Waals surface area contributed by atoms with Crippen LogP contribution >= 0.6 is 11.8 Å². The van der Waals surface area contributed by atoms with E-state index in [1.807, 2.05) is 0 Å². The lowest BCUT2D eigenvalue weighted by molar-refractivity contribution is -0.138. The minimum absolute atomic E-state index is 0.00483. The molecule has 2 rings (SSSR count). The summed E-state index contributed by atoms with van der Waals surface area (Å²) in [4.78, 5) is 26.6. The Hall–Kier alpha value is -0.950. The van der Waals surface area contributed by atoms with Gasteiger partial charge in [-0.2, -0.15) is 11.8 Å². The third-order valence-electron chi connectivity index (χ3n) is 3.55. The third kappa shape index (κ3) is 3.76. The number of nitrogens with zero attached hydrogens (tertiary/aromatic N) is 2. The average Bonchev–Trinajstić information content (AvgIpc) is 2.38. The normalized spacial score (nSPS) is 28.3. The predicted octanol–water partition coefficient (Wildman–Crippen LogP) is 0.455. The van der Waals surface area contributed by atoms with Crippen LogP contribution in [0.1, 0.15) is 19.3 Å². The number of aliphatic hydroxyl groups excluding tert-OH is 1. The fourth-order valence-electron chi connectivity index (χ4n) is 2.59. The highest BCUT2D eigenvalue weighted by Crippen LogP contribution is 2.22. The molecule has 0 spiro atoms. The van der Waals surface area contributed by atoms with E-state index in [2.05, 4.69) is 0 Å². The van der Waals surface area contributed by atoms with Crippen molar-refractivity contribution in [2.75, 3.05) is 31.1 Å². The summed E-state index contributed by atoms with van der Waals surface area (Å²) in [6, 6.07) is -0.354. The monoisotopic (exact) mass is 288 g/mol. The molecule has 2 aliphatic rings. The largest absolute Gasteiger partial charge is 0.481 e. The number of carbonyl (C=O) groups is 2. The molecule has 2 N–H and O–H groups in total. The molecular formula is C12H20N2O4S. The zero-order chi connectivity index (χ0) is 13.8. The molecule has 2 unspecified atom stereocenters. The summed E-state index contributed by atoms with van der Waals surface area (Å²) in [5.41, 5.74) is 0. The van der Waals surface area contributed by atoms with Crippen LogP contribution in [-0.4, -0.2) is 75.3 Å². The van der Waals surface area contributed by atoms with Gasteiger partial charge in [-0.25, -0.2) is 4.79 Å². The van der Waals surface area contributed by atoms with Gasteiger partial charge in [-0.05, 0) is 12.8 Å². The molecule has 2 atom stereocenters. The molecule has 2 aliphatic heterocycles. The van der Waals surface area contributed by atoms with E-state index in [0.29, 0.717) is 25.4 Å². The van der Waals surface area contributed by atoms with Gasteiger partial charge in [0.15, 0.2) is 0 Å². The second-order valence-electron chi connectivity index (χ2n) is 5.04. The van der Waals surface area contributed by atoms with Gasteiger partial charge in [-0.1, -0.05) is 0 Å². The third-order valence-corrected chi connectivity index (χ3v) is 4.64. The van der Waals surface area contributed by atoms with Gasteiger partial charge in [0.2, 0.25) is 0 Å². The molecular weight excluding hydrogens is 268 g/mol. The summed E-state index contributed by atoms with van der Waals surface area (Å²) in [6.07, 6.45) is 1.08. The summed E-state index contributed by atoms with van der Waals surface area (Å²) < 4.78 is 0. The van der Waals surface area contributed by atoms with E-state index in [1.54, 1.807) is 21.6 Å². The van der Waals surface area contributed by atoms with E-state index in [1.165, 1.54) is 0 Å². The van der Waals surface area contributed by atoms with Crippen molar-refractivity contribution in [2.45, 2.75) is 31.4 Å². The van der Waals surface area contributed by atoms with Crippen molar-refractivity contribution >= 4 is 23.8 Å². The van der Waals surface area contributed by atoms with Crippen molar-refractivity contribution in [2.24, 2.45) is 0 Å². The van der Waals surface area contributed by atoms with Crippen LogP contribution in [0.2, 0.25) is 0 Å². The molecule has 19 heavy (non-hydrogen) atoms. The van der Waals surface area contributed by atoms with Crippen molar-refractivity contribution < 1.29 is 19.8 Å². The van der Waals surface area contributed by atoms with Crippen molar-refractivity contribution in [3.63, 3.8) is 0 Å². The van der Waals surface area contributed by atoms with Gasteiger partial charge in [0.25, 0.3) is 0 Å². The molecule has 0 bridgehead atoms. The van der Waals surface area contributed by atoms with Crippen molar-refractivity contribution in [3.05, 3.63) is 0 Å². The number of thioether (sulfide) groups is 1. The first kappa shape index (κ1) is 14.5. The van der Waals surface area contributed by atoms with Crippen molar-refractivity contribution in [3.8, 4) is 0 Å². The lowest BCUT2D eigenvalue weighted by atomic mass is 10.1. The first-order valence-corrected chi connectivity index (χ1v) is 7.76. The Bertz CT molecular complexity index is 353. The molecule has 7 heteroatoms. The minimum atomic E-state index is -0.871. The molecule has 0 aliphatic carbocycles. The van der Waals surface area contributed by atoms with E-state index >= 15 is 0 Å². The SMILES string of the molecule is O=C(O)CC1CSCCN1C(=O)N1CCCC(O)C1. The topological polar surface area (TPSA) is 81.1 Å². The quantitative estimate of drug-likeness (QED) is 0.771. The molecule has 0 aromatic rings. The van der Waals surface area contributed by atoms with Crippen molar-refractivity contribution in [1.29, 1.82) is 0 Å². The van der Waals surface area contributed by atoms with Gasteiger partial charge < -0.3 is 20.0 Å². The Morgan fingerprint density at radius 3 is 2.79 bits per heavy atom. The number of urea groups is 1. The number of aliphatic carboxylic acids is 1. The second kappa shape index (κ2) is 6.47. The van der Waals surface area contributed by atoms with Crippen LogP contribution in [-0.2, 0) is 4.79 Å². The number of amides is 2. The number of likely N-dealkylation sites (tertiary alicyclic amines) is 1. The summed E-state index contributed by atoms with van der Waals surface area (Å²) in [6.45, 7) is 1.61. The Balaban J connectivity index is 2.00. The lowest BCUT2D eigenvalue weighted by Gasteiger charge is -2.40. The summed E-state index contributed by atoms with van der Waals surface area (Å²) in [5, 5.41) is 18.5. The summed E-state index contributed by atoms with van der Waals surface area (Å²) in [7, 11) is 0.